The number of rotatable bonds is 8. The lowest BCUT2D eigenvalue weighted by molar-refractivity contribution is -0.136. The second-order valence-corrected chi connectivity index (χ2v) is 10.9. The summed E-state index contributed by atoms with van der Waals surface area (Å²) in [6.07, 6.45) is 2.22. The number of nitrogens with one attached hydrogen (secondary N) is 1. The molecule has 1 aromatic carbocycles. The number of anilines is 1. The van der Waals surface area contributed by atoms with Crippen LogP contribution in [-0.4, -0.2) is 39.6 Å². The first kappa shape index (κ1) is 25.9. The summed E-state index contributed by atoms with van der Waals surface area (Å²) in [5, 5.41) is 8.33. The highest BCUT2D eigenvalue weighted by molar-refractivity contribution is 6.30. The van der Waals surface area contributed by atoms with E-state index in [4.69, 9.17) is 16.7 Å². The van der Waals surface area contributed by atoms with Gasteiger partial charge >= 0.3 is 0 Å². The van der Waals surface area contributed by atoms with Gasteiger partial charge in [0, 0.05) is 29.5 Å². The molecular formula is C25H37ClN4O2. The van der Waals surface area contributed by atoms with E-state index >= 15 is 0 Å². The summed E-state index contributed by atoms with van der Waals surface area (Å²) in [7, 11) is 0. The molecule has 2 amide bonds. The minimum atomic E-state index is -0.237. The number of benzene rings is 1. The van der Waals surface area contributed by atoms with Gasteiger partial charge in [0.1, 0.15) is 5.82 Å². The molecule has 0 aliphatic rings. The third-order valence-electron chi connectivity index (χ3n) is 4.97. The Morgan fingerprint density at radius 3 is 2.25 bits per heavy atom. The Morgan fingerprint density at radius 1 is 1.09 bits per heavy atom. The Bertz CT molecular complexity index is 921. The van der Waals surface area contributed by atoms with Gasteiger partial charge in [0.05, 0.1) is 17.9 Å². The summed E-state index contributed by atoms with van der Waals surface area (Å²) in [5.41, 5.74) is 1.33. The molecule has 1 heterocycles. The fourth-order valence-electron chi connectivity index (χ4n) is 3.18. The van der Waals surface area contributed by atoms with E-state index in [0.29, 0.717) is 23.8 Å². The average Bonchev–Trinajstić information content (AvgIpc) is 3.08. The molecule has 32 heavy (non-hydrogen) atoms. The fraction of sp³-hybridized carbons (Fsp3) is 0.560. The molecule has 0 aliphatic heterocycles. The standard InChI is InChI=1S/C25H37ClN4O2/c1-8-9-14-29(23(32)16-24(2,3)4)17-22(31)27-21-15-20(25(5,6)7)28-30(21)19-12-10-18(26)11-13-19/h10-13,15H,8-9,14,16-17H2,1-7H3,(H,27,31). The average molecular weight is 461 g/mol. The van der Waals surface area contributed by atoms with Crippen LogP contribution in [0.5, 0.6) is 0 Å². The number of carbonyl (C=O) groups excluding carboxylic acids is 2. The van der Waals surface area contributed by atoms with E-state index in [1.165, 1.54) is 0 Å². The number of hydrogen-bond acceptors (Lipinski definition) is 3. The van der Waals surface area contributed by atoms with Crippen LogP contribution in [0.4, 0.5) is 5.82 Å². The molecule has 0 fully saturated rings. The van der Waals surface area contributed by atoms with Crippen LogP contribution in [0.25, 0.3) is 5.69 Å². The minimum absolute atomic E-state index is 0.00249. The van der Waals surface area contributed by atoms with Crippen molar-refractivity contribution in [3.05, 3.63) is 41.0 Å². The number of carbonyl (C=O) groups is 2. The molecule has 176 valence electrons. The van der Waals surface area contributed by atoms with Crippen LogP contribution in [0.2, 0.25) is 5.02 Å². The highest BCUT2D eigenvalue weighted by Crippen LogP contribution is 2.27. The third-order valence-corrected chi connectivity index (χ3v) is 5.22. The normalized spacial score (nSPS) is 12.0. The molecule has 2 aromatic rings. The molecule has 6 nitrogen and oxygen atoms in total. The lowest BCUT2D eigenvalue weighted by Crippen LogP contribution is -2.40. The van der Waals surface area contributed by atoms with Crippen molar-refractivity contribution in [3.63, 3.8) is 0 Å². The van der Waals surface area contributed by atoms with E-state index in [0.717, 1.165) is 24.2 Å². The monoisotopic (exact) mass is 460 g/mol. The maximum Gasteiger partial charge on any atom is 0.245 e. The Balaban J connectivity index is 2.27. The van der Waals surface area contributed by atoms with Crippen LogP contribution in [0.15, 0.2) is 30.3 Å². The van der Waals surface area contributed by atoms with E-state index in [1.807, 2.05) is 39.0 Å². The van der Waals surface area contributed by atoms with Crippen molar-refractivity contribution in [2.45, 2.75) is 73.1 Å². The zero-order valence-electron chi connectivity index (χ0n) is 20.5. The molecule has 0 radical (unpaired) electrons. The number of nitrogens with zero attached hydrogens (tertiary/aromatic N) is 3. The molecule has 2 rings (SSSR count). The number of unbranched alkanes of at least 4 members (excludes halogenated alkanes) is 1. The first-order chi connectivity index (χ1) is 14.8. The molecule has 1 aromatic heterocycles. The molecule has 0 atom stereocenters. The number of halogens is 1. The SMILES string of the molecule is CCCCN(CC(=O)Nc1cc(C(C)(C)C)nn1-c1ccc(Cl)cc1)C(=O)CC(C)(C)C. The van der Waals surface area contributed by atoms with Gasteiger partial charge in [0.25, 0.3) is 0 Å². The van der Waals surface area contributed by atoms with Crippen molar-refractivity contribution < 1.29 is 9.59 Å². The van der Waals surface area contributed by atoms with Gasteiger partial charge in [-0.05, 0) is 36.1 Å². The Labute approximate surface area is 197 Å². The molecule has 0 unspecified atom stereocenters. The van der Waals surface area contributed by atoms with Crippen molar-refractivity contribution in [1.82, 2.24) is 14.7 Å². The van der Waals surface area contributed by atoms with E-state index in [1.54, 1.807) is 21.7 Å². The summed E-state index contributed by atoms with van der Waals surface area (Å²) < 4.78 is 1.71. The van der Waals surface area contributed by atoms with Crippen LogP contribution in [0.1, 0.15) is 73.4 Å². The molecule has 7 heteroatoms. The van der Waals surface area contributed by atoms with Crippen LogP contribution in [0, 0.1) is 5.41 Å². The molecular weight excluding hydrogens is 424 g/mol. The zero-order chi connectivity index (χ0) is 24.1. The quantitative estimate of drug-likeness (QED) is 0.539. The summed E-state index contributed by atoms with van der Waals surface area (Å²) >= 11 is 6.04. The van der Waals surface area contributed by atoms with E-state index in [-0.39, 0.29) is 29.2 Å². The topological polar surface area (TPSA) is 67.2 Å². The third kappa shape index (κ3) is 7.66. The van der Waals surface area contributed by atoms with Crippen LogP contribution < -0.4 is 5.32 Å². The maximum atomic E-state index is 13.0. The summed E-state index contributed by atoms with van der Waals surface area (Å²) in [4.78, 5) is 27.5. The highest BCUT2D eigenvalue weighted by atomic mass is 35.5. The zero-order valence-corrected chi connectivity index (χ0v) is 21.2. The number of hydrogen-bond donors (Lipinski definition) is 1. The van der Waals surface area contributed by atoms with Crippen molar-refractivity contribution in [2.75, 3.05) is 18.4 Å². The second-order valence-electron chi connectivity index (χ2n) is 10.5. The predicted octanol–water partition coefficient (Wildman–Crippen LogP) is 5.83. The van der Waals surface area contributed by atoms with Crippen molar-refractivity contribution >= 4 is 29.2 Å². The van der Waals surface area contributed by atoms with Gasteiger partial charge in [0.2, 0.25) is 11.8 Å². The number of amides is 2. The molecule has 0 spiro atoms. The van der Waals surface area contributed by atoms with Crippen molar-refractivity contribution in [3.8, 4) is 5.69 Å². The molecule has 0 aliphatic carbocycles. The lowest BCUT2D eigenvalue weighted by atomic mass is 9.91. The fourth-order valence-corrected chi connectivity index (χ4v) is 3.30. The van der Waals surface area contributed by atoms with Gasteiger partial charge < -0.3 is 10.2 Å². The van der Waals surface area contributed by atoms with Gasteiger partial charge in [-0.2, -0.15) is 5.10 Å². The highest BCUT2D eigenvalue weighted by Gasteiger charge is 2.25. The first-order valence-electron chi connectivity index (χ1n) is 11.2. The smallest absolute Gasteiger partial charge is 0.245 e. The van der Waals surface area contributed by atoms with Crippen LogP contribution in [-0.2, 0) is 15.0 Å². The summed E-state index contributed by atoms with van der Waals surface area (Å²) in [6, 6.07) is 9.19. The Kier molecular flexibility index (Phi) is 8.52. The molecule has 0 saturated carbocycles. The van der Waals surface area contributed by atoms with Crippen molar-refractivity contribution in [2.24, 2.45) is 5.41 Å². The van der Waals surface area contributed by atoms with Crippen molar-refractivity contribution in [1.29, 1.82) is 0 Å². The van der Waals surface area contributed by atoms with Gasteiger partial charge in [-0.3, -0.25) is 9.59 Å². The summed E-state index contributed by atoms with van der Waals surface area (Å²) in [6.45, 7) is 15.0. The molecule has 0 bridgehead atoms. The number of aromatic nitrogens is 2. The largest absolute Gasteiger partial charge is 0.333 e. The van der Waals surface area contributed by atoms with Gasteiger partial charge in [-0.15, -0.1) is 0 Å². The lowest BCUT2D eigenvalue weighted by Gasteiger charge is -2.26. The Morgan fingerprint density at radius 2 is 1.72 bits per heavy atom. The molecule has 0 saturated heterocycles. The predicted molar refractivity (Wildman–Crippen MR) is 131 cm³/mol. The van der Waals surface area contributed by atoms with E-state index in [9.17, 15) is 9.59 Å². The van der Waals surface area contributed by atoms with Crippen LogP contribution in [0.3, 0.4) is 0 Å². The molecule has 1 N–H and O–H groups in total. The Hall–Kier alpha value is -2.34. The first-order valence-corrected chi connectivity index (χ1v) is 11.6. The minimum Gasteiger partial charge on any atom is -0.333 e. The maximum absolute atomic E-state index is 13.0. The van der Waals surface area contributed by atoms with Gasteiger partial charge in [-0.25, -0.2) is 4.68 Å². The summed E-state index contributed by atoms with van der Waals surface area (Å²) in [5.74, 6) is 0.336. The van der Waals surface area contributed by atoms with E-state index in [2.05, 4.69) is 33.0 Å². The van der Waals surface area contributed by atoms with Crippen LogP contribution >= 0.6 is 11.6 Å². The van der Waals surface area contributed by atoms with Gasteiger partial charge in [-0.1, -0.05) is 66.5 Å². The second kappa shape index (κ2) is 10.5. The van der Waals surface area contributed by atoms with E-state index < -0.39 is 0 Å². The van der Waals surface area contributed by atoms with Gasteiger partial charge in [0.15, 0.2) is 0 Å².